The molecular weight excluding hydrogens is 296 g/mol. The van der Waals surface area contributed by atoms with Gasteiger partial charge >= 0.3 is 0 Å². The van der Waals surface area contributed by atoms with Crippen LogP contribution in [0.3, 0.4) is 0 Å². The lowest BCUT2D eigenvalue weighted by Crippen LogP contribution is -2.73. The van der Waals surface area contributed by atoms with Gasteiger partial charge in [0.1, 0.15) is 0 Å². The highest BCUT2D eigenvalue weighted by Gasteiger charge is 2.74. The monoisotopic (exact) mass is 324 g/mol. The molecule has 6 rings (SSSR count). The highest BCUT2D eigenvalue weighted by atomic mass is 17.3. The first-order chi connectivity index (χ1) is 10.9. The van der Waals surface area contributed by atoms with Gasteiger partial charge in [-0.2, -0.15) is 0 Å². The summed E-state index contributed by atoms with van der Waals surface area (Å²) >= 11 is 0. The topological polar surface area (TPSA) is 46.2 Å². The van der Waals surface area contributed by atoms with Crippen LogP contribution in [0.4, 0.5) is 0 Å². The average molecular weight is 324 g/mol. The quantitative estimate of drug-likeness (QED) is 0.640. The van der Waals surface area contributed by atoms with Crippen molar-refractivity contribution < 1.29 is 24.0 Å². The van der Waals surface area contributed by atoms with Crippen LogP contribution in [0.2, 0.25) is 0 Å². The molecule has 9 atom stereocenters. The van der Waals surface area contributed by atoms with Crippen molar-refractivity contribution >= 4 is 0 Å². The van der Waals surface area contributed by atoms with Gasteiger partial charge in [0.2, 0.25) is 5.79 Å². The van der Waals surface area contributed by atoms with Gasteiger partial charge in [-0.3, -0.25) is 0 Å². The van der Waals surface area contributed by atoms with E-state index in [-0.39, 0.29) is 18.0 Å². The van der Waals surface area contributed by atoms with E-state index in [0.29, 0.717) is 23.7 Å². The van der Waals surface area contributed by atoms with E-state index in [2.05, 4.69) is 20.8 Å². The van der Waals surface area contributed by atoms with E-state index in [4.69, 9.17) is 24.0 Å². The summed E-state index contributed by atoms with van der Waals surface area (Å²) < 4.78 is 18.7. The zero-order chi connectivity index (χ0) is 16.0. The van der Waals surface area contributed by atoms with E-state index >= 15 is 0 Å². The fourth-order valence-electron chi connectivity index (χ4n) is 6.14. The molecule has 6 aliphatic rings. The van der Waals surface area contributed by atoms with Crippen LogP contribution in [-0.2, 0) is 24.0 Å². The smallest absolute Gasteiger partial charge is 0.201 e. The van der Waals surface area contributed by atoms with Crippen molar-refractivity contribution in [3.63, 3.8) is 0 Å². The first-order valence-corrected chi connectivity index (χ1v) is 9.22. The number of hydrogen-bond donors (Lipinski definition) is 0. The fourth-order valence-corrected chi connectivity index (χ4v) is 6.14. The summed E-state index contributed by atoms with van der Waals surface area (Å²) in [6.45, 7) is 9.66. The normalized spacial score (nSPS) is 64.2. The number of hydrogen-bond acceptors (Lipinski definition) is 5. The van der Waals surface area contributed by atoms with Crippen molar-refractivity contribution in [3.8, 4) is 0 Å². The Morgan fingerprint density at radius 2 is 1.78 bits per heavy atom. The fraction of sp³-hybridized carbons (Fsp3) is 1.00. The summed E-state index contributed by atoms with van der Waals surface area (Å²) in [6.07, 6.45) is 3.71. The maximum Gasteiger partial charge on any atom is 0.201 e. The number of ether oxygens (including phenoxy) is 3. The minimum absolute atomic E-state index is 0.0420. The molecule has 5 heterocycles. The van der Waals surface area contributed by atoms with E-state index < -0.39 is 11.4 Å². The van der Waals surface area contributed by atoms with Crippen LogP contribution in [0, 0.1) is 29.1 Å². The van der Waals surface area contributed by atoms with Crippen LogP contribution >= 0.6 is 0 Å². The van der Waals surface area contributed by atoms with E-state index in [1.54, 1.807) is 0 Å². The van der Waals surface area contributed by atoms with Gasteiger partial charge in [-0.05, 0) is 43.9 Å². The summed E-state index contributed by atoms with van der Waals surface area (Å²) in [6, 6.07) is 0. The second-order valence-electron chi connectivity index (χ2n) is 8.92. The third kappa shape index (κ3) is 1.66. The maximum atomic E-state index is 6.39. The summed E-state index contributed by atoms with van der Waals surface area (Å²) in [5.41, 5.74) is -0.527. The standard InChI is InChI=1S/C18H28O5/c1-10-5-6-13-17(4)11(2)9-19-14(17)20-15-18(13)12(10)7-8-16(3,21-15)22-23-18/h10-15H,5-9H2,1-4H3/t10-,11-,12+,13+,14+,15-,16-,17-,18-/m1/s1. The molecule has 0 unspecified atom stereocenters. The van der Waals surface area contributed by atoms with E-state index in [1.165, 1.54) is 6.42 Å². The lowest BCUT2D eigenvalue weighted by Gasteiger charge is -2.63. The number of rotatable bonds is 0. The molecule has 0 aromatic rings. The second-order valence-corrected chi connectivity index (χ2v) is 8.92. The molecule has 23 heavy (non-hydrogen) atoms. The van der Waals surface area contributed by atoms with E-state index in [1.807, 2.05) is 6.92 Å². The van der Waals surface area contributed by atoms with E-state index in [9.17, 15) is 0 Å². The van der Waals surface area contributed by atoms with Crippen LogP contribution < -0.4 is 0 Å². The highest BCUT2D eigenvalue weighted by Crippen LogP contribution is 2.66. The molecule has 130 valence electrons. The third-order valence-corrected chi connectivity index (χ3v) is 7.78. The van der Waals surface area contributed by atoms with Crippen molar-refractivity contribution in [2.24, 2.45) is 29.1 Å². The molecule has 0 N–H and O–H groups in total. The minimum Gasteiger partial charge on any atom is -0.352 e. The molecule has 5 aliphatic heterocycles. The van der Waals surface area contributed by atoms with E-state index in [0.717, 1.165) is 25.9 Å². The van der Waals surface area contributed by atoms with Crippen molar-refractivity contribution in [3.05, 3.63) is 0 Å². The van der Waals surface area contributed by atoms with Gasteiger partial charge in [-0.15, -0.1) is 0 Å². The lowest BCUT2D eigenvalue weighted by atomic mass is 9.51. The molecule has 1 spiro atoms. The Hall–Kier alpha value is -0.200. The molecule has 0 amide bonds. The van der Waals surface area contributed by atoms with Crippen molar-refractivity contribution in [2.45, 2.75) is 77.3 Å². The SMILES string of the molecule is C[C@@H]1CC[C@H]2[C@]3(C)[C@@H](OC[C@H]3C)O[C@@H]3O[C@@]4(C)CC[C@@H]1[C@]32OO4. The molecule has 5 saturated heterocycles. The maximum absolute atomic E-state index is 6.39. The Morgan fingerprint density at radius 3 is 2.61 bits per heavy atom. The molecule has 6 fully saturated rings. The Labute approximate surface area is 137 Å². The van der Waals surface area contributed by atoms with Gasteiger partial charge in [0, 0.05) is 17.8 Å². The summed E-state index contributed by atoms with van der Waals surface area (Å²) in [7, 11) is 0. The third-order valence-electron chi connectivity index (χ3n) is 7.78. The first-order valence-electron chi connectivity index (χ1n) is 9.22. The van der Waals surface area contributed by atoms with Crippen LogP contribution in [0.1, 0.15) is 53.4 Å². The van der Waals surface area contributed by atoms with Gasteiger partial charge in [-0.25, -0.2) is 9.78 Å². The summed E-state index contributed by atoms with van der Waals surface area (Å²) in [4.78, 5) is 12.1. The summed E-state index contributed by atoms with van der Waals surface area (Å²) in [5, 5.41) is 0. The van der Waals surface area contributed by atoms with Crippen LogP contribution in [-0.4, -0.2) is 30.6 Å². The van der Waals surface area contributed by atoms with Gasteiger partial charge in [-0.1, -0.05) is 20.8 Å². The lowest BCUT2D eigenvalue weighted by molar-refractivity contribution is -0.580. The van der Waals surface area contributed by atoms with Gasteiger partial charge < -0.3 is 14.2 Å². The van der Waals surface area contributed by atoms with Gasteiger partial charge in [0.15, 0.2) is 18.2 Å². The predicted octanol–water partition coefficient (Wildman–Crippen LogP) is 3.23. The molecule has 5 nitrogen and oxygen atoms in total. The Morgan fingerprint density at radius 1 is 0.957 bits per heavy atom. The van der Waals surface area contributed by atoms with Gasteiger partial charge in [0.25, 0.3) is 0 Å². The van der Waals surface area contributed by atoms with Crippen molar-refractivity contribution in [1.82, 2.24) is 0 Å². The van der Waals surface area contributed by atoms with Crippen molar-refractivity contribution in [2.75, 3.05) is 6.61 Å². The largest absolute Gasteiger partial charge is 0.352 e. The second kappa shape index (κ2) is 4.50. The average Bonchev–Trinajstić information content (AvgIpc) is 2.67. The molecule has 1 saturated carbocycles. The molecule has 0 aromatic heterocycles. The molecule has 2 bridgehead atoms. The molecular formula is C18H28O5. The van der Waals surface area contributed by atoms with Gasteiger partial charge in [0.05, 0.1) is 6.61 Å². The highest BCUT2D eigenvalue weighted by molar-refractivity contribution is 5.14. The van der Waals surface area contributed by atoms with Crippen LogP contribution in [0.15, 0.2) is 0 Å². The Kier molecular flexibility index (Phi) is 2.95. The van der Waals surface area contributed by atoms with Crippen molar-refractivity contribution in [1.29, 1.82) is 0 Å². The Bertz CT molecular complexity index is 526. The number of fused-ring (bicyclic) bond motifs is 4. The Balaban J connectivity index is 1.67. The molecule has 0 radical (unpaired) electrons. The molecule has 5 heteroatoms. The summed E-state index contributed by atoms with van der Waals surface area (Å²) in [5.74, 6) is 1.11. The zero-order valence-corrected chi connectivity index (χ0v) is 14.5. The zero-order valence-electron chi connectivity index (χ0n) is 14.5. The molecule has 1 aliphatic carbocycles. The van der Waals surface area contributed by atoms with Crippen LogP contribution in [0.5, 0.6) is 0 Å². The van der Waals surface area contributed by atoms with Crippen LogP contribution in [0.25, 0.3) is 0 Å². The first kappa shape index (κ1) is 15.1. The molecule has 0 aromatic carbocycles. The minimum atomic E-state index is -0.699. The predicted molar refractivity (Wildman–Crippen MR) is 80.9 cm³/mol.